The van der Waals surface area contributed by atoms with Gasteiger partial charge < -0.3 is 19.3 Å². The average molecular weight is 348 g/mol. The van der Waals surface area contributed by atoms with Crippen molar-refractivity contribution in [2.24, 2.45) is 0 Å². The van der Waals surface area contributed by atoms with E-state index in [9.17, 15) is 5.11 Å². The van der Waals surface area contributed by atoms with Gasteiger partial charge in [0.1, 0.15) is 0 Å². The predicted molar refractivity (Wildman–Crippen MR) is 99.2 cm³/mol. The number of benzene rings is 1. The van der Waals surface area contributed by atoms with Gasteiger partial charge >= 0.3 is 0 Å². The van der Waals surface area contributed by atoms with Crippen molar-refractivity contribution in [3.05, 3.63) is 48.0 Å². The zero-order chi connectivity index (χ0) is 18.0. The largest absolute Gasteiger partial charge is 0.393 e. The average Bonchev–Trinajstić information content (AvgIpc) is 3.07. The molecule has 0 aliphatic carbocycles. The van der Waals surface area contributed by atoms with Crippen molar-refractivity contribution in [1.29, 1.82) is 0 Å². The highest BCUT2D eigenvalue weighted by Gasteiger charge is 2.37. The van der Waals surface area contributed by atoms with Gasteiger partial charge in [0.25, 0.3) is 0 Å². The van der Waals surface area contributed by atoms with E-state index in [1.54, 1.807) is 0 Å². The van der Waals surface area contributed by atoms with Crippen LogP contribution in [0.15, 0.2) is 42.5 Å². The Morgan fingerprint density at radius 3 is 2.68 bits per heavy atom. The minimum Gasteiger partial charge on any atom is -0.393 e. The third-order valence-electron chi connectivity index (χ3n) is 4.67. The van der Waals surface area contributed by atoms with E-state index in [-0.39, 0.29) is 18.0 Å². The second kappa shape index (κ2) is 10.7. The molecule has 1 aromatic rings. The minimum atomic E-state index is -0.381. The summed E-state index contributed by atoms with van der Waals surface area (Å²) in [6.45, 7) is 6.01. The lowest BCUT2D eigenvalue weighted by Crippen LogP contribution is -2.28. The lowest BCUT2D eigenvalue weighted by molar-refractivity contribution is -0.171. The number of aliphatic hydroxyl groups excluding tert-OH is 1. The molecule has 0 amide bonds. The fraction of sp³-hybridized carbons (Fsp3) is 0.619. The Balaban J connectivity index is 1.54. The molecule has 1 heterocycles. The zero-order valence-corrected chi connectivity index (χ0v) is 15.5. The highest BCUT2D eigenvalue weighted by Crippen LogP contribution is 2.31. The number of aliphatic hydroxyl groups is 1. The van der Waals surface area contributed by atoms with Gasteiger partial charge in [-0.15, -0.1) is 0 Å². The monoisotopic (exact) mass is 348 g/mol. The van der Waals surface area contributed by atoms with Crippen molar-refractivity contribution >= 4 is 0 Å². The summed E-state index contributed by atoms with van der Waals surface area (Å²) in [5.41, 5.74) is 1.16. The van der Waals surface area contributed by atoms with Crippen LogP contribution in [-0.2, 0) is 20.8 Å². The highest BCUT2D eigenvalue weighted by molar-refractivity contribution is 5.13. The molecule has 1 fully saturated rings. The second-order valence-electron chi connectivity index (χ2n) is 6.59. The van der Waals surface area contributed by atoms with E-state index in [1.165, 1.54) is 0 Å². The third kappa shape index (κ3) is 6.90. The van der Waals surface area contributed by atoms with Gasteiger partial charge in [-0.3, -0.25) is 0 Å². The molecule has 2 atom stereocenters. The van der Waals surface area contributed by atoms with E-state index in [4.69, 9.17) is 14.2 Å². The van der Waals surface area contributed by atoms with Crippen molar-refractivity contribution in [3.8, 4) is 0 Å². The molecule has 1 saturated heterocycles. The van der Waals surface area contributed by atoms with Crippen molar-refractivity contribution in [3.63, 3.8) is 0 Å². The molecule has 4 heteroatoms. The normalized spacial score (nSPS) is 21.0. The first-order valence-corrected chi connectivity index (χ1v) is 9.44. The Kier molecular flexibility index (Phi) is 8.62. The maximum atomic E-state index is 10.0. The topological polar surface area (TPSA) is 47.9 Å². The van der Waals surface area contributed by atoms with Crippen LogP contribution >= 0.6 is 0 Å². The van der Waals surface area contributed by atoms with Crippen LogP contribution in [0.1, 0.15) is 51.5 Å². The van der Waals surface area contributed by atoms with Crippen LogP contribution in [0.25, 0.3) is 0 Å². The fourth-order valence-corrected chi connectivity index (χ4v) is 2.96. The molecule has 0 radical (unpaired) electrons. The molecule has 4 nitrogen and oxygen atoms in total. The van der Waals surface area contributed by atoms with E-state index in [0.717, 1.165) is 24.8 Å². The van der Waals surface area contributed by atoms with Crippen molar-refractivity contribution in [2.75, 3.05) is 13.2 Å². The summed E-state index contributed by atoms with van der Waals surface area (Å²) in [7, 11) is 0. The van der Waals surface area contributed by atoms with Crippen molar-refractivity contribution < 1.29 is 19.3 Å². The minimum absolute atomic E-state index is 0.127. The molecule has 1 N–H and O–H groups in total. The van der Waals surface area contributed by atoms with Crippen molar-refractivity contribution in [1.82, 2.24) is 0 Å². The molecule has 0 spiro atoms. The lowest BCUT2D eigenvalue weighted by Gasteiger charge is -2.24. The first-order valence-electron chi connectivity index (χ1n) is 9.44. The van der Waals surface area contributed by atoms with Gasteiger partial charge in [-0.2, -0.15) is 0 Å². The summed E-state index contributed by atoms with van der Waals surface area (Å²) in [6, 6.07) is 10.1. The Morgan fingerprint density at radius 1 is 1.24 bits per heavy atom. The van der Waals surface area contributed by atoms with Gasteiger partial charge in [-0.1, -0.05) is 56.3 Å². The molecule has 2 rings (SSSR count). The van der Waals surface area contributed by atoms with Gasteiger partial charge in [-0.05, 0) is 37.7 Å². The maximum absolute atomic E-state index is 10.0. The SMILES string of the molecule is CCC1(CC)OCC(C/C=C\CC(O)CCOCc2ccccc2)O1. The van der Waals surface area contributed by atoms with E-state index in [0.29, 0.717) is 32.7 Å². The summed E-state index contributed by atoms with van der Waals surface area (Å²) >= 11 is 0. The molecule has 0 saturated carbocycles. The summed E-state index contributed by atoms with van der Waals surface area (Å²) in [6.07, 6.45) is 7.77. The van der Waals surface area contributed by atoms with E-state index < -0.39 is 0 Å². The molecule has 1 aliphatic heterocycles. The van der Waals surface area contributed by atoms with Gasteiger partial charge in [0.05, 0.1) is 25.4 Å². The first-order chi connectivity index (χ1) is 12.2. The molecular weight excluding hydrogens is 316 g/mol. The Hall–Kier alpha value is -1.20. The highest BCUT2D eigenvalue weighted by atomic mass is 16.7. The second-order valence-corrected chi connectivity index (χ2v) is 6.59. The fourth-order valence-electron chi connectivity index (χ4n) is 2.96. The van der Waals surface area contributed by atoms with Crippen LogP contribution in [0.5, 0.6) is 0 Å². The van der Waals surface area contributed by atoms with Gasteiger partial charge in [0, 0.05) is 6.61 Å². The van der Waals surface area contributed by atoms with Crippen LogP contribution in [-0.4, -0.2) is 36.3 Å². The molecule has 0 bridgehead atoms. The predicted octanol–water partition coefficient (Wildman–Crippen LogP) is 4.22. The Labute approximate surface area is 151 Å². The summed E-state index contributed by atoms with van der Waals surface area (Å²) < 4.78 is 17.4. The molecule has 2 unspecified atom stereocenters. The number of hydrogen-bond donors (Lipinski definition) is 1. The smallest absolute Gasteiger partial charge is 0.168 e. The number of hydrogen-bond acceptors (Lipinski definition) is 4. The van der Waals surface area contributed by atoms with Crippen LogP contribution in [0, 0.1) is 0 Å². The molecule has 1 aromatic carbocycles. The van der Waals surface area contributed by atoms with Crippen LogP contribution in [0.2, 0.25) is 0 Å². The molecule has 140 valence electrons. The maximum Gasteiger partial charge on any atom is 0.168 e. The van der Waals surface area contributed by atoms with Gasteiger partial charge in [0.2, 0.25) is 0 Å². The first kappa shape index (κ1) is 20.1. The number of ether oxygens (including phenoxy) is 3. The van der Waals surface area contributed by atoms with E-state index in [2.05, 4.69) is 19.9 Å². The zero-order valence-electron chi connectivity index (χ0n) is 15.5. The molecule has 1 aliphatic rings. The van der Waals surface area contributed by atoms with Crippen LogP contribution in [0.4, 0.5) is 0 Å². The van der Waals surface area contributed by atoms with Gasteiger partial charge in [-0.25, -0.2) is 0 Å². The standard InChI is InChI=1S/C21H32O4/c1-3-21(4-2)24-17-20(25-21)13-9-8-12-19(22)14-15-23-16-18-10-6-5-7-11-18/h5-11,19-20,22H,3-4,12-17H2,1-2H3/b9-8-. The van der Waals surface area contributed by atoms with Crippen LogP contribution in [0.3, 0.4) is 0 Å². The lowest BCUT2D eigenvalue weighted by atomic mass is 10.1. The quantitative estimate of drug-likeness (QED) is 0.480. The third-order valence-corrected chi connectivity index (χ3v) is 4.67. The Bertz CT molecular complexity index is 496. The Morgan fingerprint density at radius 2 is 2.00 bits per heavy atom. The van der Waals surface area contributed by atoms with E-state index >= 15 is 0 Å². The molecule has 25 heavy (non-hydrogen) atoms. The number of rotatable bonds is 11. The summed E-state index contributed by atoms with van der Waals surface area (Å²) in [4.78, 5) is 0. The molecule has 0 aromatic heterocycles. The summed E-state index contributed by atoms with van der Waals surface area (Å²) in [5, 5.41) is 10.0. The molecular formula is C21H32O4. The summed E-state index contributed by atoms with van der Waals surface area (Å²) in [5.74, 6) is -0.381. The van der Waals surface area contributed by atoms with E-state index in [1.807, 2.05) is 36.4 Å². The van der Waals surface area contributed by atoms with Crippen LogP contribution < -0.4 is 0 Å². The van der Waals surface area contributed by atoms with Crippen molar-refractivity contribution in [2.45, 2.75) is 70.6 Å². The van der Waals surface area contributed by atoms with Gasteiger partial charge in [0.15, 0.2) is 5.79 Å².